The lowest BCUT2D eigenvalue weighted by Gasteiger charge is -2.43. The van der Waals surface area contributed by atoms with Crippen LogP contribution < -0.4 is 5.73 Å². The van der Waals surface area contributed by atoms with Crippen molar-refractivity contribution in [1.29, 1.82) is 0 Å². The van der Waals surface area contributed by atoms with Crippen LogP contribution in [0.3, 0.4) is 0 Å². The van der Waals surface area contributed by atoms with Crippen molar-refractivity contribution in [2.24, 2.45) is 5.73 Å². The molecule has 2 N–H and O–H groups in total. The number of nitrogens with two attached hydrogens (primary N) is 1. The topological polar surface area (TPSA) is 41.7 Å². The molecule has 94 valence electrons. The Morgan fingerprint density at radius 2 is 1.88 bits per heavy atom. The third-order valence-electron chi connectivity index (χ3n) is 3.93. The quantitative estimate of drug-likeness (QED) is 0.728. The number of hydrogen-bond acceptors (Lipinski definition) is 4. The normalized spacial score (nSPS) is 34.5. The van der Waals surface area contributed by atoms with E-state index in [4.69, 9.17) is 10.5 Å². The van der Waals surface area contributed by atoms with Crippen molar-refractivity contribution in [1.82, 2.24) is 9.80 Å². The van der Waals surface area contributed by atoms with E-state index >= 15 is 0 Å². The highest BCUT2D eigenvalue weighted by atomic mass is 16.5. The minimum atomic E-state index is 0.305. The second-order valence-electron chi connectivity index (χ2n) is 5.26. The van der Waals surface area contributed by atoms with E-state index in [-0.39, 0.29) is 0 Å². The van der Waals surface area contributed by atoms with E-state index in [0.717, 1.165) is 32.7 Å². The fourth-order valence-electron chi connectivity index (χ4n) is 2.70. The first-order chi connectivity index (χ1) is 7.68. The maximum absolute atomic E-state index is 6.17. The molecular weight excluding hydrogens is 202 g/mol. The average molecular weight is 227 g/mol. The van der Waals surface area contributed by atoms with Gasteiger partial charge in [0, 0.05) is 50.9 Å². The van der Waals surface area contributed by atoms with Gasteiger partial charge >= 0.3 is 0 Å². The van der Waals surface area contributed by atoms with Crippen molar-refractivity contribution in [3.63, 3.8) is 0 Å². The van der Waals surface area contributed by atoms with Crippen LogP contribution in [0.25, 0.3) is 0 Å². The molecule has 0 aliphatic carbocycles. The van der Waals surface area contributed by atoms with Crippen molar-refractivity contribution in [3.05, 3.63) is 0 Å². The highest BCUT2D eigenvalue weighted by Gasteiger charge is 2.30. The largest absolute Gasteiger partial charge is 0.380 e. The van der Waals surface area contributed by atoms with Gasteiger partial charge in [-0.1, -0.05) is 0 Å². The zero-order valence-electron chi connectivity index (χ0n) is 10.6. The lowest BCUT2D eigenvalue weighted by molar-refractivity contribution is -0.0158. The molecule has 0 aromatic carbocycles. The summed E-state index contributed by atoms with van der Waals surface area (Å²) in [4.78, 5) is 5.05. The number of rotatable bonds is 2. The SMILES string of the molecule is CC(C)N1CCN(C2COCCC2N)CC1. The van der Waals surface area contributed by atoms with Crippen molar-refractivity contribution < 1.29 is 4.74 Å². The standard InChI is InChI=1S/C12H25N3O/c1-10(2)14-4-6-15(7-5-14)12-9-16-8-3-11(12)13/h10-12H,3-9,13H2,1-2H3. The van der Waals surface area contributed by atoms with Gasteiger partial charge in [-0.2, -0.15) is 0 Å². The Hall–Kier alpha value is -0.160. The van der Waals surface area contributed by atoms with Gasteiger partial charge < -0.3 is 10.5 Å². The molecule has 2 unspecified atom stereocenters. The summed E-state index contributed by atoms with van der Waals surface area (Å²) in [6, 6.07) is 1.42. The Morgan fingerprint density at radius 1 is 1.19 bits per heavy atom. The van der Waals surface area contributed by atoms with Crippen LogP contribution in [-0.2, 0) is 4.74 Å². The number of hydrogen-bond donors (Lipinski definition) is 1. The maximum atomic E-state index is 6.17. The van der Waals surface area contributed by atoms with Gasteiger partial charge in [-0.25, -0.2) is 0 Å². The molecular formula is C12H25N3O. The van der Waals surface area contributed by atoms with Crippen LogP contribution in [0.5, 0.6) is 0 Å². The summed E-state index contributed by atoms with van der Waals surface area (Å²) >= 11 is 0. The fourth-order valence-corrected chi connectivity index (χ4v) is 2.70. The summed E-state index contributed by atoms with van der Waals surface area (Å²) in [6.45, 7) is 10.8. The zero-order valence-corrected chi connectivity index (χ0v) is 10.6. The van der Waals surface area contributed by atoms with Crippen LogP contribution in [-0.4, -0.2) is 67.3 Å². The van der Waals surface area contributed by atoms with E-state index in [1.807, 2.05) is 0 Å². The molecule has 2 fully saturated rings. The lowest BCUT2D eigenvalue weighted by atomic mass is 10.0. The predicted molar refractivity (Wildman–Crippen MR) is 65.5 cm³/mol. The second-order valence-corrected chi connectivity index (χ2v) is 5.26. The Balaban J connectivity index is 1.83. The van der Waals surface area contributed by atoms with Gasteiger partial charge in [-0.15, -0.1) is 0 Å². The monoisotopic (exact) mass is 227 g/mol. The molecule has 2 saturated heterocycles. The molecule has 0 aromatic rings. The van der Waals surface area contributed by atoms with Gasteiger partial charge in [0.15, 0.2) is 0 Å². The predicted octanol–water partition coefficient (Wildman–Crippen LogP) is 0.129. The smallest absolute Gasteiger partial charge is 0.0636 e. The molecule has 0 saturated carbocycles. The van der Waals surface area contributed by atoms with Crippen LogP contribution in [0.15, 0.2) is 0 Å². The Labute approximate surface area is 98.7 Å². The molecule has 4 heteroatoms. The van der Waals surface area contributed by atoms with Crippen molar-refractivity contribution >= 4 is 0 Å². The summed E-state index contributed by atoms with van der Waals surface area (Å²) in [6.07, 6.45) is 1.01. The molecule has 0 bridgehead atoms. The molecule has 2 rings (SSSR count). The van der Waals surface area contributed by atoms with E-state index < -0.39 is 0 Å². The van der Waals surface area contributed by atoms with Crippen LogP contribution >= 0.6 is 0 Å². The van der Waals surface area contributed by atoms with E-state index in [9.17, 15) is 0 Å². The van der Waals surface area contributed by atoms with Crippen molar-refractivity contribution in [2.45, 2.75) is 38.4 Å². The molecule has 16 heavy (non-hydrogen) atoms. The molecule has 2 aliphatic heterocycles. The van der Waals surface area contributed by atoms with Crippen LogP contribution in [0.1, 0.15) is 20.3 Å². The Morgan fingerprint density at radius 3 is 2.44 bits per heavy atom. The first kappa shape index (κ1) is 12.3. The summed E-state index contributed by atoms with van der Waals surface area (Å²) in [7, 11) is 0. The van der Waals surface area contributed by atoms with Crippen LogP contribution in [0.2, 0.25) is 0 Å². The molecule has 4 nitrogen and oxygen atoms in total. The molecule has 0 aromatic heterocycles. The van der Waals surface area contributed by atoms with Gasteiger partial charge in [-0.3, -0.25) is 9.80 Å². The maximum Gasteiger partial charge on any atom is 0.0636 e. The minimum absolute atomic E-state index is 0.305. The number of piperazine rings is 1. The first-order valence-corrected chi connectivity index (χ1v) is 6.50. The molecule has 2 heterocycles. The van der Waals surface area contributed by atoms with Gasteiger partial charge in [-0.05, 0) is 20.3 Å². The lowest BCUT2D eigenvalue weighted by Crippen LogP contribution is -2.59. The van der Waals surface area contributed by atoms with Gasteiger partial charge in [0.25, 0.3) is 0 Å². The Kier molecular flexibility index (Phi) is 4.19. The number of ether oxygens (including phenoxy) is 1. The summed E-state index contributed by atoms with van der Waals surface area (Å²) in [5, 5.41) is 0. The minimum Gasteiger partial charge on any atom is -0.380 e. The number of nitrogens with zero attached hydrogens (tertiary/aromatic N) is 2. The van der Waals surface area contributed by atoms with Crippen LogP contribution in [0.4, 0.5) is 0 Å². The average Bonchev–Trinajstić information content (AvgIpc) is 2.30. The Bertz CT molecular complexity index is 214. The van der Waals surface area contributed by atoms with E-state index in [2.05, 4.69) is 23.6 Å². The van der Waals surface area contributed by atoms with Gasteiger partial charge in [0.1, 0.15) is 0 Å². The van der Waals surface area contributed by atoms with Crippen molar-refractivity contribution in [3.8, 4) is 0 Å². The molecule has 0 spiro atoms. The fraction of sp³-hybridized carbons (Fsp3) is 1.00. The van der Waals surface area contributed by atoms with E-state index in [0.29, 0.717) is 18.1 Å². The summed E-state index contributed by atoms with van der Waals surface area (Å²) < 4.78 is 5.54. The van der Waals surface area contributed by atoms with Gasteiger partial charge in [0.05, 0.1) is 6.61 Å². The highest BCUT2D eigenvalue weighted by molar-refractivity contribution is 4.88. The van der Waals surface area contributed by atoms with Gasteiger partial charge in [0.2, 0.25) is 0 Å². The molecule has 2 atom stereocenters. The van der Waals surface area contributed by atoms with Crippen LogP contribution in [0, 0.1) is 0 Å². The molecule has 0 amide bonds. The molecule has 0 radical (unpaired) electrons. The highest BCUT2D eigenvalue weighted by Crippen LogP contribution is 2.15. The molecule has 2 aliphatic rings. The van der Waals surface area contributed by atoms with E-state index in [1.54, 1.807) is 0 Å². The third-order valence-corrected chi connectivity index (χ3v) is 3.93. The second kappa shape index (κ2) is 5.45. The zero-order chi connectivity index (χ0) is 11.5. The van der Waals surface area contributed by atoms with E-state index in [1.165, 1.54) is 13.1 Å². The summed E-state index contributed by atoms with van der Waals surface area (Å²) in [5.41, 5.74) is 6.17. The summed E-state index contributed by atoms with van der Waals surface area (Å²) in [5.74, 6) is 0. The van der Waals surface area contributed by atoms with Crippen molar-refractivity contribution in [2.75, 3.05) is 39.4 Å². The first-order valence-electron chi connectivity index (χ1n) is 6.50. The third kappa shape index (κ3) is 2.74.